The van der Waals surface area contributed by atoms with Crippen LogP contribution in [0, 0.1) is 18.8 Å². The van der Waals surface area contributed by atoms with Crippen LogP contribution >= 0.6 is 0 Å². The molecule has 60 heavy (non-hydrogen) atoms. The average Bonchev–Trinajstić information content (AvgIpc) is 3.25. The fraction of sp³-hybridized carbons (Fsp3) is 0.468. The Hall–Kier alpha value is -5.85. The predicted molar refractivity (Wildman–Crippen MR) is 234 cm³/mol. The molecule has 316 valence electrons. The molecule has 0 atom stereocenters. The van der Waals surface area contributed by atoms with Crippen molar-refractivity contribution >= 4 is 46.7 Å². The van der Waals surface area contributed by atoms with E-state index < -0.39 is 5.60 Å². The number of amides is 4. The largest absolute Gasteiger partial charge is 0.497 e. The van der Waals surface area contributed by atoms with Crippen molar-refractivity contribution < 1.29 is 23.9 Å². The summed E-state index contributed by atoms with van der Waals surface area (Å²) < 4.78 is 10.8. The summed E-state index contributed by atoms with van der Waals surface area (Å²) >= 11 is 0. The van der Waals surface area contributed by atoms with E-state index in [2.05, 4.69) is 69.5 Å². The van der Waals surface area contributed by atoms with E-state index in [1.165, 1.54) is 42.0 Å². The highest BCUT2D eigenvalue weighted by Gasteiger charge is 2.35. The molecule has 13 nitrogen and oxygen atoms in total. The van der Waals surface area contributed by atoms with E-state index in [4.69, 9.17) is 14.5 Å². The number of ether oxygens (including phenoxy) is 2. The first kappa shape index (κ1) is 40.9. The third-order valence-electron chi connectivity index (χ3n) is 12.5. The van der Waals surface area contributed by atoms with E-state index in [1.54, 1.807) is 16.9 Å². The number of nitrogens with one attached hydrogen (secondary N) is 1. The van der Waals surface area contributed by atoms with Crippen molar-refractivity contribution in [3.05, 3.63) is 95.3 Å². The Morgan fingerprint density at radius 3 is 2.10 bits per heavy atom. The van der Waals surface area contributed by atoms with E-state index in [9.17, 15) is 14.4 Å². The second-order valence-electron chi connectivity index (χ2n) is 17.6. The second-order valence-corrected chi connectivity index (χ2v) is 17.6. The number of hydrogen-bond acceptors (Lipinski definition) is 10. The highest BCUT2D eigenvalue weighted by atomic mass is 16.6. The van der Waals surface area contributed by atoms with Crippen LogP contribution in [0.3, 0.4) is 0 Å². The molecule has 5 heterocycles. The van der Waals surface area contributed by atoms with Crippen LogP contribution < -0.4 is 24.8 Å². The quantitative estimate of drug-likeness (QED) is 0.177. The zero-order valence-corrected chi connectivity index (χ0v) is 35.7. The number of fused-ring (bicyclic) bond motifs is 1. The molecule has 1 aromatic heterocycles. The molecular formula is C47H58N8O5. The van der Waals surface area contributed by atoms with Gasteiger partial charge in [0.15, 0.2) is 0 Å². The zero-order chi connectivity index (χ0) is 42.0. The summed E-state index contributed by atoms with van der Waals surface area (Å²) in [5.74, 6) is 2.57. The van der Waals surface area contributed by atoms with Gasteiger partial charge in [0.2, 0.25) is 11.9 Å². The van der Waals surface area contributed by atoms with Gasteiger partial charge < -0.3 is 29.5 Å². The SMILES string of the molecule is COc1ccc(CN2C(=O)CCN(c3ccc(N4CCC(C5CCN(c6ccc(Nc7ncc8c(n7)CN(C(=O)OC(C)(C)C)CC8)cc6)CC5)CC4)cc3C)C2=O)cc1. The Kier molecular flexibility index (Phi) is 11.9. The molecule has 3 saturated heterocycles. The molecule has 4 aliphatic heterocycles. The summed E-state index contributed by atoms with van der Waals surface area (Å²) in [7, 11) is 1.62. The maximum absolute atomic E-state index is 13.6. The van der Waals surface area contributed by atoms with Crippen molar-refractivity contribution in [2.45, 2.75) is 84.9 Å². The van der Waals surface area contributed by atoms with Gasteiger partial charge in [-0.2, -0.15) is 0 Å². The van der Waals surface area contributed by atoms with Crippen molar-refractivity contribution in [1.82, 2.24) is 19.8 Å². The van der Waals surface area contributed by atoms with Crippen molar-refractivity contribution in [3.8, 4) is 5.75 Å². The molecule has 0 aliphatic carbocycles. The standard InChI is InChI=1S/C47H58N8O5/c1-32-28-39(12-15-42(32)54-27-21-43(56)55(45(54)57)30-33-6-13-40(59-5)14-7-33)52-24-18-35(19-25-52)34-16-22-51(23-17-34)38-10-8-37(9-11-38)49-44-48-29-36-20-26-53(31-41(36)50-44)46(58)60-47(2,3)4/h6-15,28-29,34-35H,16-27,30-31H2,1-5H3,(H,48,49,50). The monoisotopic (exact) mass is 814 g/mol. The summed E-state index contributed by atoms with van der Waals surface area (Å²) in [6.45, 7) is 13.5. The summed E-state index contributed by atoms with van der Waals surface area (Å²) in [6.07, 6.45) is 7.31. The first-order chi connectivity index (χ1) is 28.9. The number of piperidine rings is 2. The lowest BCUT2D eigenvalue weighted by Gasteiger charge is -2.41. The van der Waals surface area contributed by atoms with Crippen LogP contribution in [-0.4, -0.2) is 89.8 Å². The fourth-order valence-electron chi connectivity index (χ4n) is 9.11. The molecule has 3 aromatic carbocycles. The van der Waals surface area contributed by atoms with Gasteiger partial charge in [-0.25, -0.2) is 19.6 Å². The number of methoxy groups -OCH3 is 1. The summed E-state index contributed by atoms with van der Waals surface area (Å²) in [6, 6.07) is 22.1. The first-order valence-electron chi connectivity index (χ1n) is 21.5. The molecule has 4 aliphatic rings. The number of carbonyl (C=O) groups excluding carboxylic acids is 3. The molecule has 8 rings (SSSR count). The number of benzene rings is 3. The van der Waals surface area contributed by atoms with Gasteiger partial charge in [0.05, 0.1) is 25.9 Å². The van der Waals surface area contributed by atoms with Crippen LogP contribution in [-0.2, 0) is 29.0 Å². The van der Waals surface area contributed by atoms with Gasteiger partial charge in [0.25, 0.3) is 0 Å². The van der Waals surface area contributed by atoms with Crippen LogP contribution in [0.25, 0.3) is 0 Å². The van der Waals surface area contributed by atoms with E-state index >= 15 is 0 Å². The molecule has 0 saturated carbocycles. The number of carbonyl (C=O) groups is 3. The van der Waals surface area contributed by atoms with Gasteiger partial charge in [-0.1, -0.05) is 12.1 Å². The molecular weight excluding hydrogens is 757 g/mol. The van der Waals surface area contributed by atoms with Gasteiger partial charge in [0.1, 0.15) is 11.4 Å². The minimum atomic E-state index is -0.540. The van der Waals surface area contributed by atoms with Crippen LogP contribution in [0.5, 0.6) is 5.75 Å². The molecule has 0 unspecified atom stereocenters. The number of rotatable bonds is 9. The Balaban J connectivity index is 0.799. The number of aromatic nitrogens is 2. The van der Waals surface area contributed by atoms with Gasteiger partial charge >= 0.3 is 12.1 Å². The Labute approximate surface area is 353 Å². The van der Waals surface area contributed by atoms with Crippen molar-refractivity contribution in [1.29, 1.82) is 0 Å². The van der Waals surface area contributed by atoms with Gasteiger partial charge in [-0.05, 0) is 143 Å². The molecule has 0 bridgehead atoms. The lowest BCUT2D eigenvalue weighted by Crippen LogP contribution is -2.52. The normalized spacial score (nSPS) is 18.1. The summed E-state index contributed by atoms with van der Waals surface area (Å²) in [5, 5.41) is 3.36. The Bertz CT molecular complexity index is 2170. The Morgan fingerprint density at radius 1 is 0.817 bits per heavy atom. The number of imide groups is 1. The third kappa shape index (κ3) is 9.30. The van der Waals surface area contributed by atoms with Crippen LogP contribution in [0.4, 0.5) is 38.3 Å². The molecule has 4 amide bonds. The highest BCUT2D eigenvalue weighted by Crippen LogP contribution is 2.37. The maximum Gasteiger partial charge on any atom is 0.410 e. The smallest absolute Gasteiger partial charge is 0.410 e. The van der Waals surface area contributed by atoms with E-state index in [0.29, 0.717) is 38.4 Å². The molecule has 0 radical (unpaired) electrons. The van der Waals surface area contributed by atoms with Crippen molar-refractivity contribution in [2.75, 3.05) is 66.4 Å². The fourth-order valence-corrected chi connectivity index (χ4v) is 9.11. The number of anilines is 5. The van der Waals surface area contributed by atoms with Gasteiger partial charge in [-0.15, -0.1) is 0 Å². The van der Waals surface area contributed by atoms with Crippen molar-refractivity contribution in [2.24, 2.45) is 11.8 Å². The number of urea groups is 1. The lowest BCUT2D eigenvalue weighted by molar-refractivity contribution is -0.129. The van der Waals surface area contributed by atoms with Gasteiger partial charge in [-0.3, -0.25) is 14.6 Å². The zero-order valence-electron chi connectivity index (χ0n) is 35.7. The number of aryl methyl sites for hydroxylation is 1. The highest BCUT2D eigenvalue weighted by molar-refractivity contribution is 6.06. The predicted octanol–water partition coefficient (Wildman–Crippen LogP) is 8.32. The third-order valence-corrected chi connectivity index (χ3v) is 12.5. The van der Waals surface area contributed by atoms with E-state index in [1.807, 2.05) is 51.2 Å². The molecule has 13 heteroatoms. The van der Waals surface area contributed by atoms with E-state index in [-0.39, 0.29) is 24.6 Å². The van der Waals surface area contributed by atoms with Gasteiger partial charge in [0, 0.05) is 74.6 Å². The number of hydrogen-bond donors (Lipinski definition) is 1. The summed E-state index contributed by atoms with van der Waals surface area (Å²) in [5.41, 5.74) is 7.51. The molecule has 3 fully saturated rings. The van der Waals surface area contributed by atoms with Crippen LogP contribution in [0.2, 0.25) is 0 Å². The lowest BCUT2D eigenvalue weighted by atomic mass is 9.78. The maximum atomic E-state index is 13.6. The first-order valence-corrected chi connectivity index (χ1v) is 21.5. The van der Waals surface area contributed by atoms with Crippen LogP contribution in [0.1, 0.15) is 75.3 Å². The second kappa shape index (κ2) is 17.4. The minimum Gasteiger partial charge on any atom is -0.497 e. The molecule has 4 aromatic rings. The topological polar surface area (TPSA) is 124 Å². The van der Waals surface area contributed by atoms with Crippen LogP contribution in [0.15, 0.2) is 72.9 Å². The van der Waals surface area contributed by atoms with Crippen molar-refractivity contribution in [3.63, 3.8) is 0 Å². The number of nitrogens with zero attached hydrogens (tertiary/aromatic N) is 7. The molecule has 0 spiro atoms. The molecule has 1 N–H and O–H groups in total. The minimum absolute atomic E-state index is 0.146. The summed E-state index contributed by atoms with van der Waals surface area (Å²) in [4.78, 5) is 58.3. The average molecular weight is 815 g/mol. The van der Waals surface area contributed by atoms with E-state index in [0.717, 1.165) is 77.5 Å². The Morgan fingerprint density at radius 2 is 1.47 bits per heavy atom.